The monoisotopic (exact) mass is 382 g/mol. The van der Waals surface area contributed by atoms with Crippen LogP contribution in [0.1, 0.15) is 15.9 Å². The van der Waals surface area contributed by atoms with Gasteiger partial charge >= 0.3 is 0 Å². The van der Waals surface area contributed by atoms with Crippen LogP contribution in [0.3, 0.4) is 0 Å². The third-order valence-electron chi connectivity index (χ3n) is 3.88. The fourth-order valence-corrected chi connectivity index (χ4v) is 3.04. The van der Waals surface area contributed by atoms with Crippen molar-refractivity contribution in [3.8, 4) is 11.5 Å². The smallest absolute Gasteiger partial charge is 0.259 e. The molecule has 4 rings (SSSR count). The normalized spacial score (nSPS) is 12.8. The van der Waals surface area contributed by atoms with Crippen LogP contribution in [-0.2, 0) is 0 Å². The zero-order chi connectivity index (χ0) is 18.1. The van der Waals surface area contributed by atoms with Crippen molar-refractivity contribution < 1.29 is 9.53 Å². The van der Waals surface area contributed by atoms with Crippen LogP contribution in [0, 0.1) is 0 Å². The summed E-state index contributed by atoms with van der Waals surface area (Å²) in [5.74, 6) is 0.839. The van der Waals surface area contributed by atoms with E-state index in [9.17, 15) is 4.79 Å². The van der Waals surface area contributed by atoms with Gasteiger partial charge in [-0.05, 0) is 42.5 Å². The Hall–Kier alpha value is -2.82. The van der Waals surface area contributed by atoms with Crippen LogP contribution in [0.5, 0.6) is 11.5 Å². The van der Waals surface area contributed by atoms with Gasteiger partial charge in [-0.25, -0.2) is 0 Å². The molecule has 128 valence electrons. The summed E-state index contributed by atoms with van der Waals surface area (Å²) in [5, 5.41) is 3.91. The number of amides is 1. The third kappa shape index (κ3) is 3.29. The van der Waals surface area contributed by atoms with Crippen molar-refractivity contribution >= 4 is 46.7 Å². The molecule has 0 saturated carbocycles. The summed E-state index contributed by atoms with van der Waals surface area (Å²) in [6, 6.07) is 17.6. The van der Waals surface area contributed by atoms with E-state index in [2.05, 4.69) is 10.3 Å². The maximum atomic E-state index is 12.5. The lowest BCUT2D eigenvalue weighted by Crippen LogP contribution is -2.10. The van der Waals surface area contributed by atoms with Gasteiger partial charge in [0, 0.05) is 16.8 Å². The highest BCUT2D eigenvalue weighted by atomic mass is 35.5. The molecule has 1 aliphatic rings. The number of aliphatic imine (C=N–C) groups is 1. The van der Waals surface area contributed by atoms with Crippen LogP contribution in [0.4, 0.5) is 11.4 Å². The fourth-order valence-electron chi connectivity index (χ4n) is 2.58. The Morgan fingerprint density at radius 1 is 0.962 bits per heavy atom. The Labute approximate surface area is 160 Å². The second-order valence-electron chi connectivity index (χ2n) is 5.66. The number of fused-ring (bicyclic) bond motifs is 2. The summed E-state index contributed by atoms with van der Waals surface area (Å²) in [6.45, 7) is 0. The number of anilines is 1. The summed E-state index contributed by atoms with van der Waals surface area (Å²) >= 11 is 12.0. The topological polar surface area (TPSA) is 50.7 Å². The van der Waals surface area contributed by atoms with E-state index in [1.807, 2.05) is 12.1 Å². The molecule has 0 spiro atoms. The Kier molecular flexibility index (Phi) is 4.37. The van der Waals surface area contributed by atoms with Gasteiger partial charge in [-0.3, -0.25) is 9.79 Å². The molecular weight excluding hydrogens is 371 g/mol. The molecule has 0 aliphatic carbocycles. The number of nitrogens with zero attached hydrogens (tertiary/aromatic N) is 1. The summed E-state index contributed by atoms with van der Waals surface area (Å²) in [6.07, 6.45) is 1.63. The van der Waals surface area contributed by atoms with E-state index in [-0.39, 0.29) is 5.91 Å². The second kappa shape index (κ2) is 6.83. The number of halogens is 2. The molecule has 0 bridgehead atoms. The number of hydrogen-bond donors (Lipinski definition) is 1. The lowest BCUT2D eigenvalue weighted by Gasteiger charge is -2.07. The molecule has 1 N–H and O–H groups in total. The number of ether oxygens (including phenoxy) is 1. The predicted octanol–water partition coefficient (Wildman–Crippen LogP) is 6.10. The van der Waals surface area contributed by atoms with Crippen LogP contribution in [0.15, 0.2) is 65.7 Å². The molecule has 3 aromatic carbocycles. The van der Waals surface area contributed by atoms with Gasteiger partial charge in [0.2, 0.25) is 0 Å². The Bertz CT molecular complexity index is 1050. The van der Waals surface area contributed by atoms with Crippen molar-refractivity contribution in [1.82, 2.24) is 0 Å². The lowest BCUT2D eigenvalue weighted by atomic mass is 10.1. The van der Waals surface area contributed by atoms with Gasteiger partial charge in [-0.1, -0.05) is 41.4 Å². The quantitative estimate of drug-likeness (QED) is 0.544. The van der Waals surface area contributed by atoms with Crippen molar-refractivity contribution in [1.29, 1.82) is 0 Å². The average molecular weight is 383 g/mol. The van der Waals surface area contributed by atoms with E-state index in [0.717, 1.165) is 5.56 Å². The van der Waals surface area contributed by atoms with Gasteiger partial charge in [0.05, 0.1) is 22.0 Å². The first-order valence-corrected chi connectivity index (χ1v) is 8.57. The van der Waals surface area contributed by atoms with Crippen molar-refractivity contribution in [3.05, 3.63) is 81.8 Å². The molecule has 3 aromatic rings. The number of nitrogens with one attached hydrogen (secondary N) is 1. The standard InChI is InChI=1S/C20H12Cl2N2O2/c21-13-6-5-12(16(22)9-13)11-23-14-7-8-18-15(10-14)20(25)24-17-3-1-2-4-19(17)26-18/h1-11H,(H,24,25). The first kappa shape index (κ1) is 16.6. The van der Waals surface area contributed by atoms with Crippen molar-refractivity contribution in [2.24, 2.45) is 4.99 Å². The Morgan fingerprint density at radius 3 is 2.65 bits per heavy atom. The van der Waals surface area contributed by atoms with Gasteiger partial charge in [0.25, 0.3) is 5.91 Å². The maximum absolute atomic E-state index is 12.5. The van der Waals surface area contributed by atoms with Crippen LogP contribution >= 0.6 is 23.2 Å². The Morgan fingerprint density at radius 2 is 1.81 bits per heavy atom. The van der Waals surface area contributed by atoms with E-state index < -0.39 is 0 Å². The minimum absolute atomic E-state index is 0.244. The van der Waals surface area contributed by atoms with Crippen molar-refractivity contribution in [2.75, 3.05) is 5.32 Å². The van der Waals surface area contributed by atoms with Crippen LogP contribution in [-0.4, -0.2) is 12.1 Å². The molecule has 1 aliphatic heterocycles. The predicted molar refractivity (Wildman–Crippen MR) is 105 cm³/mol. The number of para-hydroxylation sites is 2. The van der Waals surface area contributed by atoms with Gasteiger partial charge in [0.1, 0.15) is 5.75 Å². The highest BCUT2D eigenvalue weighted by molar-refractivity contribution is 6.36. The Balaban J connectivity index is 1.66. The van der Waals surface area contributed by atoms with Crippen LogP contribution in [0.2, 0.25) is 10.0 Å². The molecule has 0 aromatic heterocycles. The van der Waals surface area contributed by atoms with Gasteiger partial charge in [0.15, 0.2) is 5.75 Å². The average Bonchev–Trinajstić information content (AvgIpc) is 2.77. The molecule has 0 atom stereocenters. The molecule has 26 heavy (non-hydrogen) atoms. The molecular formula is C20H12Cl2N2O2. The lowest BCUT2D eigenvalue weighted by molar-refractivity contribution is 0.102. The van der Waals surface area contributed by atoms with Gasteiger partial charge in [-0.15, -0.1) is 0 Å². The molecule has 0 fully saturated rings. The van der Waals surface area contributed by atoms with Gasteiger partial charge < -0.3 is 10.1 Å². The zero-order valence-corrected chi connectivity index (χ0v) is 14.9. The van der Waals surface area contributed by atoms with Gasteiger partial charge in [-0.2, -0.15) is 0 Å². The minimum atomic E-state index is -0.244. The fraction of sp³-hybridized carbons (Fsp3) is 0. The second-order valence-corrected chi connectivity index (χ2v) is 6.50. The van der Waals surface area contributed by atoms with Crippen molar-refractivity contribution in [2.45, 2.75) is 0 Å². The molecule has 1 heterocycles. The third-order valence-corrected chi connectivity index (χ3v) is 4.44. The summed E-state index contributed by atoms with van der Waals surface area (Å²) in [4.78, 5) is 16.9. The van der Waals surface area contributed by atoms with E-state index in [4.69, 9.17) is 27.9 Å². The maximum Gasteiger partial charge on any atom is 0.259 e. The highest BCUT2D eigenvalue weighted by Gasteiger charge is 2.20. The number of hydrogen-bond acceptors (Lipinski definition) is 3. The van der Waals surface area contributed by atoms with Crippen molar-refractivity contribution in [3.63, 3.8) is 0 Å². The summed E-state index contributed by atoms with van der Waals surface area (Å²) in [7, 11) is 0. The van der Waals surface area contributed by atoms with E-state index in [0.29, 0.717) is 38.5 Å². The zero-order valence-electron chi connectivity index (χ0n) is 13.4. The SMILES string of the molecule is O=C1Nc2ccccc2Oc2ccc(N=Cc3ccc(Cl)cc3Cl)cc21. The number of rotatable bonds is 2. The number of benzene rings is 3. The number of carbonyl (C=O) groups is 1. The summed E-state index contributed by atoms with van der Waals surface area (Å²) < 4.78 is 5.85. The minimum Gasteiger partial charge on any atom is -0.454 e. The van der Waals surface area contributed by atoms with E-state index in [1.165, 1.54) is 0 Å². The van der Waals surface area contributed by atoms with Crippen LogP contribution < -0.4 is 10.1 Å². The molecule has 0 radical (unpaired) electrons. The first-order chi connectivity index (χ1) is 12.6. The molecule has 4 nitrogen and oxygen atoms in total. The summed E-state index contributed by atoms with van der Waals surface area (Å²) in [5.41, 5.74) is 2.39. The van der Waals surface area contributed by atoms with E-state index >= 15 is 0 Å². The highest BCUT2D eigenvalue weighted by Crippen LogP contribution is 2.36. The molecule has 0 unspecified atom stereocenters. The van der Waals surface area contributed by atoms with E-state index in [1.54, 1.807) is 54.7 Å². The first-order valence-electron chi connectivity index (χ1n) is 7.81. The largest absolute Gasteiger partial charge is 0.454 e. The molecule has 6 heteroatoms. The molecule has 1 amide bonds. The van der Waals surface area contributed by atoms with Crippen LogP contribution in [0.25, 0.3) is 0 Å². The molecule has 0 saturated heterocycles. The number of carbonyl (C=O) groups excluding carboxylic acids is 1.